The zero-order chi connectivity index (χ0) is 64.0. The van der Waals surface area contributed by atoms with Gasteiger partial charge in [-0.15, -0.1) is 0 Å². The van der Waals surface area contributed by atoms with Crippen molar-refractivity contribution in [2.24, 2.45) is 0 Å². The summed E-state index contributed by atoms with van der Waals surface area (Å²) >= 11 is 0. The summed E-state index contributed by atoms with van der Waals surface area (Å²) in [5.41, 5.74) is 12.1. The van der Waals surface area contributed by atoms with Crippen LogP contribution in [0.15, 0.2) is 158 Å². The highest BCUT2D eigenvalue weighted by atomic mass is 32.2. The summed E-state index contributed by atoms with van der Waals surface area (Å²) in [7, 11) is -14.3. The summed E-state index contributed by atoms with van der Waals surface area (Å²) in [6, 6.07) is 56.3. The molecule has 0 radical (unpaired) electrons. The molecular formula is C57H56F18O7S2. The average molecular weight is 1260 g/mol. The van der Waals surface area contributed by atoms with Gasteiger partial charge in [-0.05, 0) is 83.8 Å². The molecule has 0 atom stereocenters. The van der Waals surface area contributed by atoms with Crippen molar-refractivity contribution >= 4 is 20.2 Å². The molecule has 464 valence electrons. The lowest BCUT2D eigenvalue weighted by molar-refractivity contribution is -0.382. The molecule has 7 nitrogen and oxygen atoms in total. The Morgan fingerprint density at radius 2 is 0.679 bits per heavy atom. The number of alkyl halides is 18. The fraction of sp³-hybridized carbons (Fsp3) is 0.368. The van der Waals surface area contributed by atoms with Gasteiger partial charge in [-0.3, -0.25) is 9.11 Å². The fourth-order valence-electron chi connectivity index (χ4n) is 8.21. The Balaban J connectivity index is 0.000000301. The van der Waals surface area contributed by atoms with Crippen molar-refractivity contribution in [2.45, 2.75) is 125 Å². The van der Waals surface area contributed by atoms with E-state index in [0.29, 0.717) is 5.92 Å². The number of halogens is 18. The van der Waals surface area contributed by atoms with E-state index in [9.17, 15) is 95.9 Å². The summed E-state index contributed by atoms with van der Waals surface area (Å²) < 4.78 is 274. The van der Waals surface area contributed by atoms with Crippen molar-refractivity contribution in [2.75, 3.05) is 6.61 Å². The van der Waals surface area contributed by atoms with Crippen molar-refractivity contribution in [1.82, 2.24) is 0 Å². The fourth-order valence-corrected chi connectivity index (χ4v) is 9.11. The molecule has 0 aliphatic carbocycles. The Kier molecular flexibility index (Phi) is 24.6. The molecule has 0 aliphatic rings. The Hall–Kier alpha value is -6.32. The second-order valence-corrected chi connectivity index (χ2v) is 21.7. The second kappa shape index (κ2) is 28.7. The minimum absolute atomic E-state index is 0.245. The molecule has 0 spiro atoms. The Morgan fingerprint density at radius 1 is 0.393 bits per heavy atom. The maximum absolute atomic E-state index is 12.2. The number of hydrogen-bond donors (Lipinski definition) is 2. The van der Waals surface area contributed by atoms with Crippen LogP contribution in [-0.2, 0) is 20.2 Å². The third-order valence-electron chi connectivity index (χ3n) is 12.4. The van der Waals surface area contributed by atoms with E-state index in [-0.39, 0.29) is 5.92 Å². The van der Waals surface area contributed by atoms with E-state index >= 15 is 0 Å². The highest BCUT2D eigenvalue weighted by Crippen LogP contribution is 2.56. The van der Waals surface area contributed by atoms with Gasteiger partial charge in [-0.25, -0.2) is 0 Å². The van der Waals surface area contributed by atoms with E-state index < -0.39 is 66.8 Å². The van der Waals surface area contributed by atoms with E-state index in [0.717, 1.165) is 18.8 Å². The lowest BCUT2D eigenvalue weighted by Gasteiger charge is -2.31. The number of ether oxygens (including phenoxy) is 1. The molecule has 6 rings (SSSR count). The molecule has 0 saturated carbocycles. The smallest absolute Gasteiger partial charge is 0.460 e. The van der Waals surface area contributed by atoms with Crippen LogP contribution < -0.4 is 4.74 Å². The second-order valence-electron chi connectivity index (χ2n) is 18.8. The predicted octanol–water partition coefficient (Wildman–Crippen LogP) is 18.0. The SMILES string of the molecule is CCCCCCCCOc1ccc(C(c2ccccc2)c2ccccc2)cc1.Cc1cc(C)c(C(c2ccccc2)c2ccccc2)c(C)c1.O=S(=O)(O)C(F)(F)C(F)(F)C(F)(F)C(F)(F)F.O=S(=O)(O)C(F)(F)C(F)(F)C(F)(F)C(F)(F)F. The first kappa shape index (κ1) is 71.9. The van der Waals surface area contributed by atoms with E-state index in [4.69, 9.17) is 13.8 Å². The van der Waals surface area contributed by atoms with Crippen molar-refractivity contribution in [3.63, 3.8) is 0 Å². The standard InChI is InChI=1S/C27H32O.C22H22.2C4HF9O3S/c1-2-3-4-5-6-13-22-28-26-20-18-25(19-21-26)27(23-14-9-7-10-15-23)24-16-11-8-12-17-24;1-16-14-17(2)21(18(3)15-16)22(19-10-6-4-7-11-19)20-12-8-5-9-13-20;2*5-1(6,3(9,10)11)2(7,8)4(12,13)17(14,15)16/h7-12,14-21,27H,2-6,13,22H2,1H3;4-15,22H,1-3H3;2*(H,14,15,16). The van der Waals surface area contributed by atoms with Gasteiger partial charge >= 0.3 is 66.8 Å². The maximum atomic E-state index is 12.2. The molecule has 0 unspecified atom stereocenters. The maximum Gasteiger partial charge on any atom is 0.460 e. The lowest BCUT2D eigenvalue weighted by Crippen LogP contribution is -2.63. The minimum atomic E-state index is -7.37. The van der Waals surface area contributed by atoms with Gasteiger partial charge in [0.05, 0.1) is 6.61 Å². The molecule has 0 heterocycles. The highest BCUT2D eigenvalue weighted by Gasteiger charge is 2.86. The van der Waals surface area contributed by atoms with E-state index in [1.165, 1.54) is 82.2 Å². The van der Waals surface area contributed by atoms with Crippen LogP contribution in [0, 0.1) is 20.8 Å². The van der Waals surface area contributed by atoms with Crippen LogP contribution >= 0.6 is 0 Å². The zero-order valence-electron chi connectivity index (χ0n) is 44.7. The molecule has 0 saturated heterocycles. The molecule has 0 fully saturated rings. The van der Waals surface area contributed by atoms with Crippen LogP contribution in [0.4, 0.5) is 79.0 Å². The van der Waals surface area contributed by atoms with E-state index in [1.54, 1.807) is 0 Å². The number of hydrogen-bond acceptors (Lipinski definition) is 5. The van der Waals surface area contributed by atoms with Gasteiger partial charge in [0.15, 0.2) is 0 Å². The van der Waals surface area contributed by atoms with Gasteiger partial charge in [0.25, 0.3) is 0 Å². The van der Waals surface area contributed by atoms with Gasteiger partial charge in [-0.1, -0.05) is 190 Å². The molecule has 0 amide bonds. The minimum Gasteiger partial charge on any atom is -0.494 e. The molecule has 0 aliphatic heterocycles. The summed E-state index contributed by atoms with van der Waals surface area (Å²) in [6.45, 7) is 9.70. The van der Waals surface area contributed by atoms with Crippen LogP contribution in [0.2, 0.25) is 0 Å². The molecule has 2 N–H and O–H groups in total. The van der Waals surface area contributed by atoms with Gasteiger partial charge in [0.2, 0.25) is 0 Å². The first-order valence-corrected chi connectivity index (χ1v) is 27.8. The lowest BCUT2D eigenvalue weighted by atomic mass is 9.80. The first-order valence-electron chi connectivity index (χ1n) is 24.9. The molecule has 84 heavy (non-hydrogen) atoms. The average Bonchev–Trinajstić information content (AvgIpc) is 0.908. The van der Waals surface area contributed by atoms with E-state index in [1.807, 2.05) is 0 Å². The third-order valence-corrected chi connectivity index (χ3v) is 14.2. The molecule has 6 aromatic rings. The topological polar surface area (TPSA) is 118 Å². The third kappa shape index (κ3) is 17.2. The van der Waals surface area contributed by atoms with Gasteiger partial charge in [0, 0.05) is 11.8 Å². The summed E-state index contributed by atoms with van der Waals surface area (Å²) in [5.74, 6) is -27.9. The normalized spacial score (nSPS) is 13.0. The molecule has 27 heteroatoms. The van der Waals surface area contributed by atoms with Crippen molar-refractivity contribution < 1.29 is 110 Å². The molecular weight excluding hydrogens is 1200 g/mol. The summed E-state index contributed by atoms with van der Waals surface area (Å²) in [4.78, 5) is 0. The molecule has 6 aromatic carbocycles. The van der Waals surface area contributed by atoms with Crippen molar-refractivity contribution in [1.29, 1.82) is 0 Å². The first-order chi connectivity index (χ1) is 38.5. The Bertz CT molecular complexity index is 3020. The monoisotopic (exact) mass is 1260 g/mol. The van der Waals surface area contributed by atoms with Gasteiger partial charge < -0.3 is 4.74 Å². The summed E-state index contributed by atoms with van der Waals surface area (Å²) in [6.07, 6.45) is -6.53. The Morgan fingerprint density at radius 3 is 0.976 bits per heavy atom. The summed E-state index contributed by atoms with van der Waals surface area (Å²) in [5, 5.41) is -14.0. The molecule has 0 bridgehead atoms. The number of unbranched alkanes of at least 4 members (excludes halogenated alkanes) is 5. The largest absolute Gasteiger partial charge is 0.494 e. The van der Waals surface area contributed by atoms with Crippen LogP contribution in [0.1, 0.15) is 107 Å². The zero-order valence-corrected chi connectivity index (χ0v) is 46.3. The van der Waals surface area contributed by atoms with Crippen LogP contribution in [-0.4, -0.2) is 79.1 Å². The van der Waals surface area contributed by atoms with Crippen LogP contribution in [0.5, 0.6) is 5.75 Å². The Labute approximate surface area is 473 Å². The predicted molar refractivity (Wildman–Crippen MR) is 279 cm³/mol. The van der Waals surface area contributed by atoms with Gasteiger partial charge in [-0.2, -0.15) is 95.9 Å². The van der Waals surface area contributed by atoms with Crippen molar-refractivity contribution in [3.05, 3.63) is 208 Å². The number of aryl methyl sites for hydroxylation is 3. The van der Waals surface area contributed by atoms with Crippen LogP contribution in [0.25, 0.3) is 0 Å². The quantitative estimate of drug-likeness (QED) is 0.0338. The highest BCUT2D eigenvalue weighted by molar-refractivity contribution is 7.87. The molecule has 0 aromatic heterocycles. The van der Waals surface area contributed by atoms with E-state index in [2.05, 4.69) is 185 Å². The van der Waals surface area contributed by atoms with Gasteiger partial charge in [0.1, 0.15) is 5.75 Å². The van der Waals surface area contributed by atoms with Crippen LogP contribution in [0.3, 0.4) is 0 Å². The van der Waals surface area contributed by atoms with Crippen molar-refractivity contribution in [3.8, 4) is 5.75 Å². The number of rotatable bonds is 20. The number of benzene rings is 6.